The minimum absolute atomic E-state index is 0.0659. The molecule has 29 heavy (non-hydrogen) atoms. The van der Waals surface area contributed by atoms with Gasteiger partial charge in [0, 0.05) is 18.6 Å². The first-order valence-electron chi connectivity index (χ1n) is 8.21. The number of thioether (sulfide) groups is 1. The Bertz CT molecular complexity index is 1170. The Morgan fingerprint density at radius 1 is 1.31 bits per heavy atom. The number of rotatable bonds is 4. The molecule has 1 aliphatic rings. The van der Waals surface area contributed by atoms with Gasteiger partial charge in [-0.1, -0.05) is 12.1 Å². The van der Waals surface area contributed by atoms with Crippen molar-refractivity contribution in [2.75, 3.05) is 10.2 Å². The van der Waals surface area contributed by atoms with E-state index in [1.807, 2.05) is 0 Å². The number of carbonyl (C=O) groups is 2. The summed E-state index contributed by atoms with van der Waals surface area (Å²) in [6.45, 7) is 1.27. The number of hydrogen-bond donors (Lipinski definition) is 2. The number of nitrogens with one attached hydrogen (secondary N) is 2. The van der Waals surface area contributed by atoms with E-state index in [0.717, 1.165) is 16.7 Å². The molecule has 0 bridgehead atoms. The fourth-order valence-corrected chi connectivity index (χ4v) is 3.43. The molecule has 1 aliphatic heterocycles. The van der Waals surface area contributed by atoms with Gasteiger partial charge in [-0.25, -0.2) is 13.9 Å². The highest BCUT2D eigenvalue weighted by molar-refractivity contribution is 8.19. The summed E-state index contributed by atoms with van der Waals surface area (Å²) >= 11 is 0.889. The highest BCUT2D eigenvalue weighted by atomic mass is 32.2. The van der Waals surface area contributed by atoms with Crippen LogP contribution in [0.3, 0.4) is 0 Å². The van der Waals surface area contributed by atoms with Crippen molar-refractivity contribution in [3.05, 3.63) is 52.9 Å². The third kappa shape index (κ3) is 3.67. The molecule has 0 saturated carbocycles. The summed E-state index contributed by atoms with van der Waals surface area (Å²) in [6.07, 6.45) is 1.47. The van der Waals surface area contributed by atoms with Crippen LogP contribution in [0.2, 0.25) is 0 Å². The van der Waals surface area contributed by atoms with Gasteiger partial charge in [0.2, 0.25) is 17.5 Å². The van der Waals surface area contributed by atoms with Crippen molar-refractivity contribution < 1.29 is 23.0 Å². The monoisotopic (exact) mass is 413 g/mol. The average molecular weight is 413 g/mol. The van der Waals surface area contributed by atoms with Crippen LogP contribution in [-0.2, 0) is 9.59 Å². The highest BCUT2D eigenvalue weighted by Crippen LogP contribution is 2.37. The summed E-state index contributed by atoms with van der Waals surface area (Å²) in [6, 6.07) is 9.23. The Balaban J connectivity index is 1.60. The fraction of sp³-hybridized carbons (Fsp3) is 0.0556. The standard InChI is InChI=1S/C18H12FN5O4S/c1-9(25)21-15-16(23-28-22-15)24-17(26)14(29-18(24)20)8-12-5-6-13(27-12)10-3-2-4-11(19)7-10/h2-8,20H,1H3,(H,21,22,25)/b14-8-,20-18?. The number of benzene rings is 1. The number of aromatic nitrogens is 2. The van der Waals surface area contributed by atoms with Crippen LogP contribution in [0.15, 0.2) is 50.3 Å². The topological polar surface area (TPSA) is 125 Å². The predicted octanol–water partition coefficient (Wildman–Crippen LogP) is 3.48. The Morgan fingerprint density at radius 3 is 2.90 bits per heavy atom. The van der Waals surface area contributed by atoms with Gasteiger partial charge in [0.25, 0.3) is 5.91 Å². The maximum Gasteiger partial charge on any atom is 0.272 e. The molecular formula is C18H12FN5O4S. The lowest BCUT2D eigenvalue weighted by molar-refractivity contribution is -0.114. The molecule has 9 nitrogen and oxygen atoms in total. The smallest absolute Gasteiger partial charge is 0.272 e. The Morgan fingerprint density at radius 2 is 2.14 bits per heavy atom. The fourth-order valence-electron chi connectivity index (χ4n) is 2.61. The number of hydrogen-bond acceptors (Lipinski definition) is 8. The van der Waals surface area contributed by atoms with Crippen molar-refractivity contribution in [2.24, 2.45) is 0 Å². The van der Waals surface area contributed by atoms with Gasteiger partial charge in [-0.2, -0.15) is 0 Å². The van der Waals surface area contributed by atoms with Crippen LogP contribution in [0.5, 0.6) is 0 Å². The molecule has 0 atom stereocenters. The number of amidine groups is 1. The van der Waals surface area contributed by atoms with Crippen LogP contribution < -0.4 is 10.2 Å². The summed E-state index contributed by atoms with van der Waals surface area (Å²) in [5.74, 6) is -0.729. The van der Waals surface area contributed by atoms with E-state index in [2.05, 4.69) is 20.3 Å². The maximum absolute atomic E-state index is 13.4. The van der Waals surface area contributed by atoms with Crippen LogP contribution in [0.4, 0.5) is 16.0 Å². The number of nitrogens with zero attached hydrogens (tertiary/aromatic N) is 3. The number of halogens is 1. The first kappa shape index (κ1) is 18.6. The maximum atomic E-state index is 13.4. The molecule has 0 aliphatic carbocycles. The molecule has 2 aromatic heterocycles. The van der Waals surface area contributed by atoms with Crippen LogP contribution >= 0.6 is 11.8 Å². The van der Waals surface area contributed by atoms with Gasteiger partial charge in [0.1, 0.15) is 17.3 Å². The zero-order valence-electron chi connectivity index (χ0n) is 14.8. The molecule has 0 radical (unpaired) electrons. The second-order valence-corrected chi connectivity index (χ2v) is 6.92. The van der Waals surface area contributed by atoms with Gasteiger partial charge in [0.05, 0.1) is 4.91 Å². The van der Waals surface area contributed by atoms with Crippen molar-refractivity contribution in [3.8, 4) is 11.3 Å². The van der Waals surface area contributed by atoms with E-state index >= 15 is 0 Å². The normalized spacial score (nSPS) is 15.4. The minimum Gasteiger partial charge on any atom is -0.457 e. The second kappa shape index (κ2) is 7.36. The predicted molar refractivity (Wildman–Crippen MR) is 103 cm³/mol. The molecule has 3 aromatic rings. The molecule has 2 N–H and O–H groups in total. The van der Waals surface area contributed by atoms with E-state index in [4.69, 9.17) is 9.83 Å². The van der Waals surface area contributed by atoms with E-state index in [-0.39, 0.29) is 27.5 Å². The van der Waals surface area contributed by atoms with Gasteiger partial charge in [-0.05, 0) is 46.3 Å². The second-order valence-electron chi connectivity index (χ2n) is 5.89. The molecule has 3 heterocycles. The minimum atomic E-state index is -0.550. The van der Waals surface area contributed by atoms with Crippen LogP contribution in [0.1, 0.15) is 12.7 Å². The summed E-state index contributed by atoms with van der Waals surface area (Å²) in [5.41, 5.74) is 0.558. The van der Waals surface area contributed by atoms with Crippen LogP contribution in [-0.4, -0.2) is 27.3 Å². The van der Waals surface area contributed by atoms with Crippen molar-refractivity contribution in [1.29, 1.82) is 5.41 Å². The Hall–Kier alpha value is -3.73. The first-order chi connectivity index (χ1) is 13.9. The molecule has 4 rings (SSSR count). The summed E-state index contributed by atoms with van der Waals surface area (Å²) in [4.78, 5) is 25.2. The molecule has 0 spiro atoms. The molecular weight excluding hydrogens is 401 g/mol. The third-order valence-electron chi connectivity index (χ3n) is 3.81. The summed E-state index contributed by atoms with van der Waals surface area (Å²) < 4.78 is 23.7. The summed E-state index contributed by atoms with van der Waals surface area (Å²) in [7, 11) is 0. The Labute approximate surface area is 167 Å². The first-order valence-corrected chi connectivity index (χ1v) is 9.02. The summed E-state index contributed by atoms with van der Waals surface area (Å²) in [5, 5.41) is 17.5. The SMILES string of the molecule is CC(=O)Nc1nonc1N1C(=N)S/C(=C\c2ccc(-c3cccc(F)c3)o2)C1=O. The zero-order valence-corrected chi connectivity index (χ0v) is 15.6. The van der Waals surface area contributed by atoms with Gasteiger partial charge in [-0.15, -0.1) is 0 Å². The molecule has 1 saturated heterocycles. The van der Waals surface area contributed by atoms with Gasteiger partial charge < -0.3 is 9.73 Å². The van der Waals surface area contributed by atoms with E-state index in [9.17, 15) is 14.0 Å². The molecule has 0 unspecified atom stereocenters. The number of carbonyl (C=O) groups excluding carboxylic acids is 2. The lowest BCUT2D eigenvalue weighted by Gasteiger charge is -2.10. The van der Waals surface area contributed by atoms with E-state index in [0.29, 0.717) is 17.1 Å². The quantitative estimate of drug-likeness (QED) is 0.627. The number of furan rings is 1. The van der Waals surface area contributed by atoms with E-state index in [1.54, 1.807) is 24.3 Å². The third-order valence-corrected chi connectivity index (χ3v) is 4.70. The van der Waals surface area contributed by atoms with Crippen molar-refractivity contribution in [3.63, 3.8) is 0 Å². The van der Waals surface area contributed by atoms with E-state index < -0.39 is 11.8 Å². The van der Waals surface area contributed by atoms with Crippen molar-refractivity contribution >= 4 is 46.5 Å². The van der Waals surface area contributed by atoms with Crippen molar-refractivity contribution in [2.45, 2.75) is 6.92 Å². The van der Waals surface area contributed by atoms with E-state index in [1.165, 1.54) is 25.1 Å². The van der Waals surface area contributed by atoms with Gasteiger partial charge >= 0.3 is 0 Å². The largest absolute Gasteiger partial charge is 0.457 e. The lowest BCUT2D eigenvalue weighted by atomic mass is 10.2. The van der Waals surface area contributed by atoms with Crippen molar-refractivity contribution in [1.82, 2.24) is 10.3 Å². The average Bonchev–Trinajstić information content (AvgIpc) is 3.36. The lowest BCUT2D eigenvalue weighted by Crippen LogP contribution is -2.29. The van der Waals surface area contributed by atoms with Crippen LogP contribution in [0.25, 0.3) is 17.4 Å². The number of amides is 2. The molecule has 1 aromatic carbocycles. The highest BCUT2D eigenvalue weighted by Gasteiger charge is 2.38. The number of anilines is 2. The van der Waals surface area contributed by atoms with Gasteiger partial charge in [-0.3, -0.25) is 15.0 Å². The molecule has 2 amide bonds. The molecule has 146 valence electrons. The zero-order chi connectivity index (χ0) is 20.5. The van der Waals surface area contributed by atoms with Gasteiger partial charge in [0.15, 0.2) is 5.17 Å². The van der Waals surface area contributed by atoms with Crippen LogP contribution in [0, 0.1) is 11.2 Å². The Kier molecular flexibility index (Phi) is 4.72. The molecule has 11 heteroatoms. The molecule has 1 fully saturated rings.